The summed E-state index contributed by atoms with van der Waals surface area (Å²) in [4.78, 5) is 11.8. The lowest BCUT2D eigenvalue weighted by atomic mass is 10.1. The lowest BCUT2D eigenvalue weighted by molar-refractivity contribution is 0.215. The van der Waals surface area contributed by atoms with Gasteiger partial charge < -0.3 is 4.74 Å². The Kier molecular flexibility index (Phi) is 6.89. The summed E-state index contributed by atoms with van der Waals surface area (Å²) in [7, 11) is 0. The van der Waals surface area contributed by atoms with Crippen molar-refractivity contribution in [1.82, 2.24) is 5.32 Å². The molecule has 1 atom stereocenters. The first-order valence-corrected chi connectivity index (χ1v) is 8.16. The number of amides is 1. The van der Waals surface area contributed by atoms with Gasteiger partial charge in [-0.3, -0.25) is 19.4 Å². The highest BCUT2D eigenvalue weighted by Crippen LogP contribution is 2.16. The predicted octanol–water partition coefficient (Wildman–Crippen LogP) is 2.81. The third kappa shape index (κ3) is 6.09. The van der Waals surface area contributed by atoms with Crippen molar-refractivity contribution in [3.63, 3.8) is 0 Å². The SMILES string of the molecule is Cc1cc(NC(=O)Oc2ccccc2)ccc1CNCOS(=O)O. The molecule has 0 aliphatic carbocycles. The molecule has 0 bridgehead atoms. The van der Waals surface area contributed by atoms with Crippen LogP contribution < -0.4 is 15.4 Å². The Hall–Kier alpha value is -2.26. The molecule has 2 aromatic carbocycles. The van der Waals surface area contributed by atoms with Crippen LogP contribution in [0.2, 0.25) is 0 Å². The Balaban J connectivity index is 1.87. The number of anilines is 1. The Morgan fingerprint density at radius 2 is 1.96 bits per heavy atom. The highest BCUT2D eigenvalue weighted by molar-refractivity contribution is 7.74. The van der Waals surface area contributed by atoms with E-state index in [1.807, 2.05) is 25.1 Å². The van der Waals surface area contributed by atoms with Gasteiger partial charge in [-0.05, 0) is 42.3 Å². The van der Waals surface area contributed by atoms with E-state index in [9.17, 15) is 9.00 Å². The van der Waals surface area contributed by atoms with Gasteiger partial charge in [0.1, 0.15) is 12.5 Å². The molecule has 0 spiro atoms. The number of para-hydroxylation sites is 1. The average Bonchev–Trinajstić information content (AvgIpc) is 2.54. The van der Waals surface area contributed by atoms with E-state index in [4.69, 9.17) is 9.29 Å². The minimum atomic E-state index is -2.28. The summed E-state index contributed by atoms with van der Waals surface area (Å²) in [6.07, 6.45) is -0.565. The van der Waals surface area contributed by atoms with Crippen LogP contribution in [0.5, 0.6) is 5.75 Å². The standard InChI is InChI=1S/C16H18N2O5S/c1-12-9-14(8-7-13(12)10-17-11-22-24(20)21)18-16(19)23-15-5-3-2-4-6-15/h2-9,17H,10-11H2,1H3,(H,18,19)(H,20,21). The molecule has 24 heavy (non-hydrogen) atoms. The summed E-state index contributed by atoms with van der Waals surface area (Å²) in [6.45, 7) is 2.33. The van der Waals surface area contributed by atoms with Gasteiger partial charge in [-0.15, -0.1) is 0 Å². The van der Waals surface area contributed by atoms with Gasteiger partial charge in [-0.1, -0.05) is 24.3 Å². The number of ether oxygens (including phenoxy) is 1. The molecule has 2 rings (SSSR count). The highest BCUT2D eigenvalue weighted by Gasteiger charge is 2.06. The lowest BCUT2D eigenvalue weighted by Crippen LogP contribution is -2.19. The topological polar surface area (TPSA) is 96.9 Å². The smallest absolute Gasteiger partial charge is 0.410 e. The van der Waals surface area contributed by atoms with Crippen LogP contribution in [0, 0.1) is 6.92 Å². The highest BCUT2D eigenvalue weighted by atomic mass is 32.2. The van der Waals surface area contributed by atoms with E-state index in [1.54, 1.807) is 30.3 Å². The van der Waals surface area contributed by atoms with Gasteiger partial charge in [0.25, 0.3) is 0 Å². The molecule has 1 amide bonds. The fourth-order valence-electron chi connectivity index (χ4n) is 1.99. The molecule has 0 aliphatic rings. The molecule has 0 fully saturated rings. The normalized spacial score (nSPS) is 11.8. The van der Waals surface area contributed by atoms with Gasteiger partial charge in [-0.25, -0.2) is 4.79 Å². The number of hydrogen-bond acceptors (Lipinski definition) is 5. The molecule has 0 saturated heterocycles. The quantitative estimate of drug-likeness (QED) is 0.404. The Morgan fingerprint density at radius 3 is 2.62 bits per heavy atom. The number of benzene rings is 2. The Morgan fingerprint density at radius 1 is 1.21 bits per heavy atom. The molecular weight excluding hydrogens is 332 g/mol. The second-order valence-electron chi connectivity index (χ2n) is 4.87. The Labute approximate surface area is 142 Å². The minimum absolute atomic E-state index is 0.0358. The monoisotopic (exact) mass is 350 g/mol. The second-order valence-corrected chi connectivity index (χ2v) is 5.54. The van der Waals surface area contributed by atoms with E-state index >= 15 is 0 Å². The van der Waals surface area contributed by atoms with Crippen molar-refractivity contribution in [3.05, 3.63) is 59.7 Å². The van der Waals surface area contributed by atoms with Gasteiger partial charge in [0.15, 0.2) is 0 Å². The maximum atomic E-state index is 11.8. The van der Waals surface area contributed by atoms with Crippen molar-refractivity contribution in [2.24, 2.45) is 0 Å². The molecule has 128 valence electrons. The first-order valence-electron chi connectivity index (χ1n) is 7.13. The largest absolute Gasteiger partial charge is 0.417 e. The van der Waals surface area contributed by atoms with Crippen LogP contribution in [0.25, 0.3) is 0 Å². The van der Waals surface area contributed by atoms with E-state index in [-0.39, 0.29) is 6.73 Å². The van der Waals surface area contributed by atoms with Crippen molar-refractivity contribution in [2.45, 2.75) is 13.5 Å². The summed E-state index contributed by atoms with van der Waals surface area (Å²) in [5, 5.41) is 5.54. The van der Waals surface area contributed by atoms with Gasteiger partial charge >= 0.3 is 17.5 Å². The van der Waals surface area contributed by atoms with Crippen LogP contribution in [0.1, 0.15) is 11.1 Å². The number of carbonyl (C=O) groups is 1. The maximum absolute atomic E-state index is 11.8. The van der Waals surface area contributed by atoms with Crippen molar-refractivity contribution in [1.29, 1.82) is 0 Å². The Bertz CT molecular complexity index is 709. The van der Waals surface area contributed by atoms with Gasteiger partial charge in [0.05, 0.1) is 0 Å². The molecule has 0 radical (unpaired) electrons. The molecular formula is C16H18N2O5S. The molecule has 0 heterocycles. The fraction of sp³-hybridized carbons (Fsp3) is 0.188. The van der Waals surface area contributed by atoms with Crippen molar-refractivity contribution >= 4 is 23.1 Å². The van der Waals surface area contributed by atoms with Crippen LogP contribution >= 0.6 is 0 Å². The minimum Gasteiger partial charge on any atom is -0.410 e. The molecule has 8 heteroatoms. The van der Waals surface area contributed by atoms with Crippen LogP contribution in [0.4, 0.5) is 10.5 Å². The van der Waals surface area contributed by atoms with Crippen LogP contribution in [0.3, 0.4) is 0 Å². The third-order valence-electron chi connectivity index (χ3n) is 3.12. The molecule has 3 N–H and O–H groups in total. The van der Waals surface area contributed by atoms with E-state index in [1.165, 1.54) is 0 Å². The molecule has 2 aromatic rings. The molecule has 7 nitrogen and oxygen atoms in total. The van der Waals surface area contributed by atoms with Gasteiger partial charge in [0, 0.05) is 12.2 Å². The predicted molar refractivity (Wildman–Crippen MR) is 90.8 cm³/mol. The van der Waals surface area contributed by atoms with Crippen LogP contribution in [-0.2, 0) is 22.1 Å². The number of hydrogen-bond donors (Lipinski definition) is 3. The zero-order valence-corrected chi connectivity index (χ0v) is 13.8. The number of rotatable bonds is 7. The molecule has 0 aliphatic heterocycles. The number of nitrogens with one attached hydrogen (secondary N) is 2. The first kappa shape index (κ1) is 18.1. The van der Waals surface area contributed by atoms with Crippen molar-refractivity contribution in [2.75, 3.05) is 12.0 Å². The van der Waals surface area contributed by atoms with E-state index < -0.39 is 17.5 Å². The summed E-state index contributed by atoms with van der Waals surface area (Å²) in [6, 6.07) is 14.2. The third-order valence-corrected chi connectivity index (χ3v) is 3.44. The van der Waals surface area contributed by atoms with Crippen LogP contribution in [-0.4, -0.2) is 21.6 Å². The zero-order chi connectivity index (χ0) is 17.4. The van der Waals surface area contributed by atoms with Crippen LogP contribution in [0.15, 0.2) is 48.5 Å². The fourth-order valence-corrected chi connectivity index (χ4v) is 2.17. The summed E-state index contributed by atoms with van der Waals surface area (Å²) >= 11 is -2.28. The van der Waals surface area contributed by atoms with Gasteiger partial charge in [0.2, 0.25) is 0 Å². The second kappa shape index (κ2) is 9.14. The molecule has 1 unspecified atom stereocenters. The van der Waals surface area contributed by atoms with Gasteiger partial charge in [-0.2, -0.15) is 4.21 Å². The first-order chi connectivity index (χ1) is 11.5. The summed E-state index contributed by atoms with van der Waals surface area (Å²) < 4.78 is 28.5. The number of carbonyl (C=O) groups excluding carboxylic acids is 1. The maximum Gasteiger partial charge on any atom is 0.417 e. The van der Waals surface area contributed by atoms with E-state index in [2.05, 4.69) is 14.8 Å². The average molecular weight is 350 g/mol. The molecule has 0 aromatic heterocycles. The van der Waals surface area contributed by atoms with E-state index in [0.717, 1.165) is 11.1 Å². The zero-order valence-electron chi connectivity index (χ0n) is 13.0. The van der Waals surface area contributed by atoms with E-state index in [0.29, 0.717) is 18.0 Å². The summed E-state index contributed by atoms with van der Waals surface area (Å²) in [5.74, 6) is 0.466. The van der Waals surface area contributed by atoms with Crippen molar-refractivity contribution in [3.8, 4) is 5.75 Å². The van der Waals surface area contributed by atoms with Crippen molar-refractivity contribution < 1.29 is 22.5 Å². The lowest BCUT2D eigenvalue weighted by Gasteiger charge is -2.11. The number of aryl methyl sites for hydroxylation is 1. The molecule has 0 saturated carbocycles. The summed E-state index contributed by atoms with van der Waals surface area (Å²) in [5.41, 5.74) is 2.54.